The Morgan fingerprint density at radius 1 is 1.54 bits per heavy atom. The number of carbonyl (C=O) groups excluding carboxylic acids is 1. The summed E-state index contributed by atoms with van der Waals surface area (Å²) in [6, 6.07) is -0.230. The molecule has 2 atom stereocenters. The van der Waals surface area contributed by atoms with Crippen LogP contribution in [-0.4, -0.2) is 35.8 Å². The summed E-state index contributed by atoms with van der Waals surface area (Å²) in [6.45, 7) is 6.46. The molecule has 0 aromatic heterocycles. The molecule has 2 unspecified atom stereocenters. The molecule has 0 aromatic carbocycles. The Balaban J connectivity index is 2.68. The molecular weight excluding hydrogens is 188 g/mol. The van der Waals surface area contributed by atoms with E-state index in [4.69, 9.17) is 11.6 Å². The predicted octanol–water partition coefficient (Wildman–Crippen LogP) is 1.03. The first kappa shape index (κ1) is 11.0. The van der Waals surface area contributed by atoms with Gasteiger partial charge in [-0.3, -0.25) is 4.79 Å². The summed E-state index contributed by atoms with van der Waals surface area (Å²) in [6.07, 6.45) is 0. The normalized spacial score (nSPS) is 30.8. The van der Waals surface area contributed by atoms with Crippen molar-refractivity contribution in [3.8, 4) is 0 Å². The van der Waals surface area contributed by atoms with Crippen LogP contribution >= 0.6 is 11.6 Å². The molecule has 1 aliphatic rings. The molecule has 0 radical (unpaired) electrons. The maximum Gasteiger partial charge on any atom is 0.157 e. The van der Waals surface area contributed by atoms with Gasteiger partial charge in [-0.2, -0.15) is 0 Å². The highest BCUT2D eigenvalue weighted by Crippen LogP contribution is 2.23. The zero-order valence-electron chi connectivity index (χ0n) is 8.60. The van der Waals surface area contributed by atoms with Crippen LogP contribution < -0.4 is 5.43 Å². The van der Waals surface area contributed by atoms with Gasteiger partial charge in [0.1, 0.15) is 0 Å². The SMILES string of the molecule is CN1CC(Cl)C(C(=O)C(C)(C)C)N1. The molecule has 0 saturated carbocycles. The number of Topliss-reactive ketones (excluding diaryl/α,β-unsaturated/α-hetero) is 1. The van der Waals surface area contributed by atoms with Gasteiger partial charge in [-0.15, -0.1) is 11.6 Å². The number of rotatable bonds is 1. The fourth-order valence-corrected chi connectivity index (χ4v) is 1.81. The van der Waals surface area contributed by atoms with Crippen molar-refractivity contribution in [2.24, 2.45) is 5.41 Å². The molecular formula is C9H17ClN2O. The lowest BCUT2D eigenvalue weighted by Gasteiger charge is -2.23. The van der Waals surface area contributed by atoms with Gasteiger partial charge in [0, 0.05) is 19.0 Å². The second kappa shape index (κ2) is 3.56. The van der Waals surface area contributed by atoms with Crippen molar-refractivity contribution < 1.29 is 4.79 Å². The van der Waals surface area contributed by atoms with E-state index in [9.17, 15) is 4.79 Å². The summed E-state index contributed by atoms with van der Waals surface area (Å²) in [4.78, 5) is 11.8. The zero-order valence-corrected chi connectivity index (χ0v) is 9.35. The van der Waals surface area contributed by atoms with Gasteiger partial charge >= 0.3 is 0 Å². The van der Waals surface area contributed by atoms with E-state index in [-0.39, 0.29) is 22.6 Å². The first-order chi connectivity index (χ1) is 5.82. The Bertz CT molecular complexity index is 212. The summed E-state index contributed by atoms with van der Waals surface area (Å²) in [5.74, 6) is 0.178. The van der Waals surface area contributed by atoms with E-state index in [0.717, 1.165) is 0 Å². The van der Waals surface area contributed by atoms with Gasteiger partial charge in [-0.05, 0) is 0 Å². The van der Waals surface area contributed by atoms with Gasteiger partial charge in [0.15, 0.2) is 5.78 Å². The van der Waals surface area contributed by atoms with Gasteiger partial charge in [0.05, 0.1) is 11.4 Å². The monoisotopic (exact) mass is 204 g/mol. The Hall–Kier alpha value is -0.120. The van der Waals surface area contributed by atoms with Crippen LogP contribution in [0.4, 0.5) is 0 Å². The Morgan fingerprint density at radius 2 is 2.08 bits per heavy atom. The van der Waals surface area contributed by atoms with Gasteiger partial charge < -0.3 is 0 Å². The smallest absolute Gasteiger partial charge is 0.157 e. The number of nitrogens with zero attached hydrogens (tertiary/aromatic N) is 1. The molecule has 1 N–H and O–H groups in total. The molecule has 1 aliphatic heterocycles. The molecule has 0 bridgehead atoms. The highest BCUT2D eigenvalue weighted by molar-refractivity contribution is 6.23. The lowest BCUT2D eigenvalue weighted by molar-refractivity contribution is -0.128. The van der Waals surface area contributed by atoms with E-state index in [1.54, 1.807) is 0 Å². The molecule has 1 fully saturated rings. The van der Waals surface area contributed by atoms with Crippen molar-refractivity contribution in [2.75, 3.05) is 13.6 Å². The van der Waals surface area contributed by atoms with Crippen LogP contribution in [0.25, 0.3) is 0 Å². The standard InChI is InChI=1S/C9H17ClN2O/c1-9(2,3)8(13)7-6(10)5-12(4)11-7/h6-7,11H,5H2,1-4H3. The van der Waals surface area contributed by atoms with E-state index in [0.29, 0.717) is 6.54 Å². The second-order valence-electron chi connectivity index (χ2n) is 4.62. The quantitative estimate of drug-likeness (QED) is 0.648. The molecule has 0 spiro atoms. The fourth-order valence-electron chi connectivity index (χ4n) is 1.43. The summed E-state index contributed by atoms with van der Waals surface area (Å²) >= 11 is 6.05. The first-order valence-electron chi connectivity index (χ1n) is 4.48. The van der Waals surface area contributed by atoms with Crippen molar-refractivity contribution in [3.63, 3.8) is 0 Å². The third-order valence-electron chi connectivity index (χ3n) is 2.19. The molecule has 1 rings (SSSR count). The third-order valence-corrected chi connectivity index (χ3v) is 2.58. The lowest BCUT2D eigenvalue weighted by atomic mass is 9.86. The van der Waals surface area contributed by atoms with Crippen molar-refractivity contribution in [1.29, 1.82) is 0 Å². The van der Waals surface area contributed by atoms with Gasteiger partial charge in [-0.1, -0.05) is 20.8 Å². The summed E-state index contributed by atoms with van der Waals surface area (Å²) in [7, 11) is 1.89. The number of hydrogen-bond donors (Lipinski definition) is 1. The molecule has 0 aromatic rings. The summed E-state index contributed by atoms with van der Waals surface area (Å²) in [5, 5.41) is 1.75. The molecule has 13 heavy (non-hydrogen) atoms. The molecule has 1 saturated heterocycles. The number of nitrogens with one attached hydrogen (secondary N) is 1. The minimum atomic E-state index is -0.323. The highest BCUT2D eigenvalue weighted by atomic mass is 35.5. The molecule has 1 heterocycles. The minimum absolute atomic E-state index is 0.114. The zero-order chi connectivity index (χ0) is 10.2. The van der Waals surface area contributed by atoms with Crippen molar-refractivity contribution in [3.05, 3.63) is 0 Å². The molecule has 76 valence electrons. The number of hydrogen-bond acceptors (Lipinski definition) is 3. The largest absolute Gasteiger partial charge is 0.297 e. The van der Waals surface area contributed by atoms with Gasteiger partial charge in [-0.25, -0.2) is 10.4 Å². The van der Waals surface area contributed by atoms with Crippen LogP contribution in [0.1, 0.15) is 20.8 Å². The van der Waals surface area contributed by atoms with Gasteiger partial charge in [0.25, 0.3) is 0 Å². The number of hydrazine groups is 1. The van der Waals surface area contributed by atoms with Crippen LogP contribution in [0.5, 0.6) is 0 Å². The van der Waals surface area contributed by atoms with E-state index in [1.807, 2.05) is 32.8 Å². The van der Waals surface area contributed by atoms with Crippen LogP contribution in [0.3, 0.4) is 0 Å². The Kier molecular flexibility index (Phi) is 3.00. The van der Waals surface area contributed by atoms with Gasteiger partial charge in [0.2, 0.25) is 0 Å². The van der Waals surface area contributed by atoms with Crippen LogP contribution in [0.2, 0.25) is 0 Å². The van der Waals surface area contributed by atoms with E-state index >= 15 is 0 Å². The van der Waals surface area contributed by atoms with Crippen molar-refractivity contribution in [2.45, 2.75) is 32.2 Å². The fraction of sp³-hybridized carbons (Fsp3) is 0.889. The van der Waals surface area contributed by atoms with Crippen LogP contribution in [0, 0.1) is 5.41 Å². The molecule has 0 aliphatic carbocycles. The Morgan fingerprint density at radius 3 is 2.38 bits per heavy atom. The topological polar surface area (TPSA) is 32.3 Å². The lowest BCUT2D eigenvalue weighted by Crippen LogP contribution is -2.45. The number of alkyl halides is 1. The highest BCUT2D eigenvalue weighted by Gasteiger charge is 2.39. The molecule has 4 heteroatoms. The predicted molar refractivity (Wildman–Crippen MR) is 53.7 cm³/mol. The van der Waals surface area contributed by atoms with Crippen molar-refractivity contribution in [1.82, 2.24) is 10.4 Å². The second-order valence-corrected chi connectivity index (χ2v) is 5.18. The molecule has 3 nitrogen and oxygen atoms in total. The van der Waals surface area contributed by atoms with Crippen LogP contribution in [0.15, 0.2) is 0 Å². The number of ketones is 1. The van der Waals surface area contributed by atoms with E-state index < -0.39 is 0 Å². The first-order valence-corrected chi connectivity index (χ1v) is 4.91. The average molecular weight is 205 g/mol. The molecule has 0 amide bonds. The minimum Gasteiger partial charge on any atom is -0.297 e. The van der Waals surface area contributed by atoms with Crippen molar-refractivity contribution >= 4 is 17.4 Å². The average Bonchev–Trinajstić information content (AvgIpc) is 2.26. The Labute approximate surface area is 84.4 Å². The summed E-state index contributed by atoms with van der Waals surface area (Å²) in [5.41, 5.74) is 2.74. The third kappa shape index (κ3) is 2.42. The maximum absolute atomic E-state index is 11.8. The van der Waals surface area contributed by atoms with Crippen LogP contribution in [-0.2, 0) is 4.79 Å². The van der Waals surface area contributed by atoms with E-state index in [1.165, 1.54) is 0 Å². The number of carbonyl (C=O) groups is 1. The maximum atomic E-state index is 11.8. The van der Waals surface area contributed by atoms with E-state index in [2.05, 4.69) is 5.43 Å². The number of halogens is 1. The summed E-state index contributed by atoms with van der Waals surface area (Å²) < 4.78 is 0.